The predicted molar refractivity (Wildman–Crippen MR) is 124 cm³/mol. The van der Waals surface area contributed by atoms with Crippen LogP contribution in [0.4, 0.5) is 5.69 Å². The molecule has 2 aromatic carbocycles. The van der Waals surface area contributed by atoms with Crippen LogP contribution in [-0.4, -0.2) is 35.6 Å². The lowest BCUT2D eigenvalue weighted by molar-refractivity contribution is 0.0977. The maximum absolute atomic E-state index is 12.4. The van der Waals surface area contributed by atoms with Crippen LogP contribution >= 0.6 is 12.2 Å². The molecule has 0 spiro atoms. The van der Waals surface area contributed by atoms with E-state index in [0.717, 1.165) is 43.9 Å². The van der Waals surface area contributed by atoms with Gasteiger partial charge in [-0.2, -0.15) is 0 Å². The lowest BCUT2D eigenvalue weighted by Gasteiger charge is -2.18. The standard InChI is InChI=1S/C23H31N3O2S/c1-4-7-16-28-21-14-10-19(11-15-21)22(27)25-23(29)24-20-12-8-18(9-13-20)17-26(5-2)6-3/h8-15H,4-7,16-17H2,1-3H3,(H2,24,25,27,29). The van der Waals surface area contributed by atoms with E-state index in [-0.39, 0.29) is 11.0 Å². The van der Waals surface area contributed by atoms with Crippen molar-refractivity contribution in [2.45, 2.75) is 40.2 Å². The van der Waals surface area contributed by atoms with Gasteiger partial charge < -0.3 is 10.1 Å². The summed E-state index contributed by atoms with van der Waals surface area (Å²) in [6.45, 7) is 10.1. The molecule has 2 aromatic rings. The van der Waals surface area contributed by atoms with Gasteiger partial charge in [0.2, 0.25) is 0 Å². The zero-order valence-corrected chi connectivity index (χ0v) is 18.3. The molecule has 2 N–H and O–H groups in total. The summed E-state index contributed by atoms with van der Waals surface area (Å²) < 4.78 is 5.62. The normalized spacial score (nSPS) is 10.6. The van der Waals surface area contributed by atoms with E-state index in [0.29, 0.717) is 12.2 Å². The van der Waals surface area contributed by atoms with Gasteiger partial charge in [-0.15, -0.1) is 0 Å². The molecule has 0 aliphatic rings. The third-order valence-electron chi connectivity index (χ3n) is 4.62. The van der Waals surface area contributed by atoms with Crippen molar-refractivity contribution in [1.29, 1.82) is 0 Å². The SMILES string of the molecule is CCCCOc1ccc(C(=O)NC(=S)Nc2ccc(CN(CC)CC)cc2)cc1. The second-order valence-corrected chi connectivity index (χ2v) is 7.20. The van der Waals surface area contributed by atoms with Gasteiger partial charge in [0.25, 0.3) is 5.91 Å². The van der Waals surface area contributed by atoms with Crippen molar-refractivity contribution in [1.82, 2.24) is 10.2 Å². The topological polar surface area (TPSA) is 53.6 Å². The Balaban J connectivity index is 1.84. The van der Waals surface area contributed by atoms with Gasteiger partial charge in [-0.3, -0.25) is 15.0 Å². The molecule has 0 saturated carbocycles. The summed E-state index contributed by atoms with van der Waals surface area (Å²) in [7, 11) is 0. The molecule has 2 rings (SSSR count). The smallest absolute Gasteiger partial charge is 0.257 e. The number of benzene rings is 2. The van der Waals surface area contributed by atoms with E-state index in [1.54, 1.807) is 24.3 Å². The number of ether oxygens (including phenoxy) is 1. The van der Waals surface area contributed by atoms with Crippen LogP contribution in [0.15, 0.2) is 48.5 Å². The maximum Gasteiger partial charge on any atom is 0.257 e. The molecule has 0 aliphatic carbocycles. The third-order valence-corrected chi connectivity index (χ3v) is 4.83. The molecule has 0 unspecified atom stereocenters. The number of thiocarbonyl (C=S) groups is 1. The Labute approximate surface area is 179 Å². The first-order valence-electron chi connectivity index (χ1n) is 10.2. The van der Waals surface area contributed by atoms with Crippen molar-refractivity contribution < 1.29 is 9.53 Å². The molecule has 5 nitrogen and oxygen atoms in total. The van der Waals surface area contributed by atoms with Gasteiger partial charge >= 0.3 is 0 Å². The van der Waals surface area contributed by atoms with Crippen LogP contribution in [0, 0.1) is 0 Å². The van der Waals surface area contributed by atoms with Crippen LogP contribution in [0.25, 0.3) is 0 Å². The molecule has 0 atom stereocenters. The summed E-state index contributed by atoms with van der Waals surface area (Å²) >= 11 is 5.27. The molecule has 29 heavy (non-hydrogen) atoms. The summed E-state index contributed by atoms with van der Waals surface area (Å²) in [6.07, 6.45) is 2.10. The van der Waals surface area contributed by atoms with E-state index in [4.69, 9.17) is 17.0 Å². The molecule has 0 heterocycles. The van der Waals surface area contributed by atoms with Crippen molar-refractivity contribution in [3.05, 3.63) is 59.7 Å². The monoisotopic (exact) mass is 413 g/mol. The number of hydrogen-bond acceptors (Lipinski definition) is 4. The van der Waals surface area contributed by atoms with E-state index >= 15 is 0 Å². The minimum atomic E-state index is -0.249. The van der Waals surface area contributed by atoms with Crippen molar-refractivity contribution in [3.8, 4) is 5.75 Å². The van der Waals surface area contributed by atoms with E-state index in [1.807, 2.05) is 12.1 Å². The van der Waals surface area contributed by atoms with Crippen molar-refractivity contribution in [3.63, 3.8) is 0 Å². The van der Waals surface area contributed by atoms with Gasteiger partial charge in [0.1, 0.15) is 5.75 Å². The van der Waals surface area contributed by atoms with E-state index in [9.17, 15) is 4.79 Å². The molecule has 0 radical (unpaired) electrons. The number of nitrogens with zero attached hydrogens (tertiary/aromatic N) is 1. The highest BCUT2D eigenvalue weighted by molar-refractivity contribution is 7.80. The van der Waals surface area contributed by atoms with Gasteiger partial charge in [0.05, 0.1) is 6.61 Å². The Kier molecular flexibility index (Phi) is 9.60. The molecule has 0 saturated heterocycles. The summed E-state index contributed by atoms with van der Waals surface area (Å²) in [5.41, 5.74) is 2.63. The fourth-order valence-corrected chi connectivity index (χ4v) is 2.98. The quantitative estimate of drug-likeness (QED) is 0.431. The number of unbranched alkanes of at least 4 members (excludes halogenated alkanes) is 1. The molecule has 0 aromatic heterocycles. The molecule has 156 valence electrons. The van der Waals surface area contributed by atoms with Gasteiger partial charge in [-0.1, -0.05) is 39.3 Å². The van der Waals surface area contributed by atoms with Gasteiger partial charge in [0.15, 0.2) is 5.11 Å². The Morgan fingerprint density at radius 1 is 1.00 bits per heavy atom. The second-order valence-electron chi connectivity index (χ2n) is 6.79. The van der Waals surface area contributed by atoms with Crippen molar-refractivity contribution in [2.24, 2.45) is 0 Å². The number of nitrogens with one attached hydrogen (secondary N) is 2. The summed E-state index contributed by atoms with van der Waals surface area (Å²) in [5.74, 6) is 0.515. The van der Waals surface area contributed by atoms with Gasteiger partial charge in [-0.05, 0) is 73.7 Å². The molecule has 1 amide bonds. The number of amides is 1. The zero-order valence-electron chi connectivity index (χ0n) is 17.5. The third kappa shape index (κ3) is 7.83. The van der Waals surface area contributed by atoms with Gasteiger partial charge in [-0.25, -0.2) is 0 Å². The number of anilines is 1. The minimum Gasteiger partial charge on any atom is -0.494 e. The maximum atomic E-state index is 12.4. The largest absolute Gasteiger partial charge is 0.494 e. The van der Waals surface area contributed by atoms with Crippen LogP contribution in [0.1, 0.15) is 49.5 Å². The first-order chi connectivity index (χ1) is 14.0. The van der Waals surface area contributed by atoms with Crippen molar-refractivity contribution in [2.75, 3.05) is 25.0 Å². The van der Waals surface area contributed by atoms with Crippen molar-refractivity contribution >= 4 is 28.9 Å². The molecule has 0 aliphatic heterocycles. The van der Waals surface area contributed by atoms with E-state index < -0.39 is 0 Å². The first kappa shape index (κ1) is 22.8. The number of hydrogen-bond donors (Lipinski definition) is 2. The lowest BCUT2D eigenvalue weighted by atomic mass is 10.2. The zero-order chi connectivity index (χ0) is 21.1. The number of rotatable bonds is 10. The van der Waals surface area contributed by atoms with Crippen LogP contribution in [-0.2, 0) is 6.54 Å². The average Bonchev–Trinajstić information content (AvgIpc) is 2.73. The molecule has 0 fully saturated rings. The molecular weight excluding hydrogens is 382 g/mol. The Morgan fingerprint density at radius 2 is 1.66 bits per heavy atom. The fourth-order valence-electron chi connectivity index (χ4n) is 2.77. The summed E-state index contributed by atoms with van der Waals surface area (Å²) in [4.78, 5) is 14.7. The highest BCUT2D eigenvalue weighted by Crippen LogP contribution is 2.14. The second kappa shape index (κ2) is 12.2. The lowest BCUT2D eigenvalue weighted by Crippen LogP contribution is -2.34. The number of carbonyl (C=O) groups excluding carboxylic acids is 1. The Morgan fingerprint density at radius 3 is 2.24 bits per heavy atom. The summed E-state index contributed by atoms with van der Waals surface area (Å²) in [6, 6.07) is 15.2. The minimum absolute atomic E-state index is 0.249. The Hall–Kier alpha value is -2.44. The van der Waals surface area contributed by atoms with E-state index in [1.165, 1.54) is 5.56 Å². The van der Waals surface area contributed by atoms with Crippen LogP contribution in [0.3, 0.4) is 0 Å². The molecule has 6 heteroatoms. The average molecular weight is 414 g/mol. The highest BCUT2D eigenvalue weighted by atomic mass is 32.1. The van der Waals surface area contributed by atoms with E-state index in [2.05, 4.69) is 48.4 Å². The van der Waals surface area contributed by atoms with Gasteiger partial charge in [0, 0.05) is 17.8 Å². The van der Waals surface area contributed by atoms with Crippen LogP contribution in [0.5, 0.6) is 5.75 Å². The van der Waals surface area contributed by atoms with Crippen LogP contribution in [0.2, 0.25) is 0 Å². The summed E-state index contributed by atoms with van der Waals surface area (Å²) in [5, 5.41) is 6.04. The molecule has 0 bridgehead atoms. The highest BCUT2D eigenvalue weighted by Gasteiger charge is 2.09. The van der Waals surface area contributed by atoms with Crippen LogP contribution < -0.4 is 15.4 Å². The molecular formula is C23H31N3O2S. The number of carbonyl (C=O) groups is 1. The Bertz CT molecular complexity index is 772. The fraction of sp³-hybridized carbons (Fsp3) is 0.391. The first-order valence-corrected chi connectivity index (χ1v) is 10.6. The predicted octanol–water partition coefficient (Wildman–Crippen LogP) is 4.83.